The van der Waals surface area contributed by atoms with Gasteiger partial charge in [-0.2, -0.15) is 5.26 Å². The maximum absolute atomic E-state index is 13.6. The van der Waals surface area contributed by atoms with Gasteiger partial charge in [0.15, 0.2) is 0 Å². The van der Waals surface area contributed by atoms with Crippen LogP contribution < -0.4 is 4.74 Å². The summed E-state index contributed by atoms with van der Waals surface area (Å²) in [5, 5.41) is 8.75. The van der Waals surface area contributed by atoms with E-state index in [1.165, 1.54) is 37.0 Å². The maximum atomic E-state index is 13.6. The van der Waals surface area contributed by atoms with Gasteiger partial charge in [0.1, 0.15) is 17.6 Å². The maximum Gasteiger partial charge on any atom is 0.343 e. The Kier molecular flexibility index (Phi) is 6.76. The second-order valence-electron chi connectivity index (χ2n) is 6.87. The zero-order valence-corrected chi connectivity index (χ0v) is 16.3. The third kappa shape index (κ3) is 5.30. The minimum atomic E-state index is -0.716. The molecule has 4 heteroatoms. The Morgan fingerprint density at radius 1 is 0.966 bits per heavy atom. The second kappa shape index (κ2) is 9.66. The first-order valence-electron chi connectivity index (χ1n) is 9.72. The van der Waals surface area contributed by atoms with E-state index in [1.54, 1.807) is 18.2 Å². The Labute approximate surface area is 170 Å². The van der Waals surface area contributed by atoms with Crippen molar-refractivity contribution in [2.24, 2.45) is 0 Å². The Hall–Kier alpha value is -3.45. The average molecular weight is 387 g/mol. The van der Waals surface area contributed by atoms with Gasteiger partial charge in [-0.1, -0.05) is 56.2 Å². The van der Waals surface area contributed by atoms with Crippen molar-refractivity contribution < 1.29 is 13.9 Å². The van der Waals surface area contributed by atoms with Crippen LogP contribution in [0.4, 0.5) is 4.39 Å². The van der Waals surface area contributed by atoms with E-state index in [0.717, 1.165) is 23.6 Å². The summed E-state index contributed by atoms with van der Waals surface area (Å²) < 4.78 is 18.8. The number of rotatable bonds is 7. The van der Waals surface area contributed by atoms with Gasteiger partial charge in [0, 0.05) is 6.07 Å². The smallest absolute Gasteiger partial charge is 0.343 e. The van der Waals surface area contributed by atoms with Gasteiger partial charge in [0.05, 0.1) is 11.1 Å². The van der Waals surface area contributed by atoms with Crippen molar-refractivity contribution in [1.82, 2.24) is 0 Å². The van der Waals surface area contributed by atoms with Gasteiger partial charge in [-0.15, -0.1) is 0 Å². The van der Waals surface area contributed by atoms with E-state index in [9.17, 15) is 9.18 Å². The van der Waals surface area contributed by atoms with Crippen molar-refractivity contribution in [1.29, 1.82) is 5.26 Å². The third-order valence-electron chi connectivity index (χ3n) is 4.75. The number of hydrogen-bond acceptors (Lipinski definition) is 3. The highest BCUT2D eigenvalue weighted by Gasteiger charge is 2.11. The van der Waals surface area contributed by atoms with E-state index >= 15 is 0 Å². The van der Waals surface area contributed by atoms with Gasteiger partial charge < -0.3 is 4.74 Å². The predicted molar refractivity (Wildman–Crippen MR) is 111 cm³/mol. The van der Waals surface area contributed by atoms with Crippen molar-refractivity contribution in [3.63, 3.8) is 0 Å². The number of nitrogens with zero attached hydrogens (tertiary/aromatic N) is 1. The summed E-state index contributed by atoms with van der Waals surface area (Å²) in [6.45, 7) is 2.20. The van der Waals surface area contributed by atoms with Gasteiger partial charge in [0.25, 0.3) is 0 Å². The van der Waals surface area contributed by atoms with Crippen molar-refractivity contribution >= 4 is 5.97 Å². The normalized spacial score (nSPS) is 10.4. The first kappa shape index (κ1) is 20.3. The summed E-state index contributed by atoms with van der Waals surface area (Å²) in [5.74, 6) is -1.23. The van der Waals surface area contributed by atoms with E-state index in [4.69, 9.17) is 10.00 Å². The summed E-state index contributed by atoms with van der Waals surface area (Å²) in [5.41, 5.74) is 3.70. The number of carbonyl (C=O) groups is 1. The molecule has 0 bridgehead atoms. The van der Waals surface area contributed by atoms with Gasteiger partial charge >= 0.3 is 5.97 Å². The molecule has 0 amide bonds. The average Bonchev–Trinajstić information content (AvgIpc) is 2.75. The number of halogens is 1. The van der Waals surface area contributed by atoms with Crippen molar-refractivity contribution in [3.8, 4) is 22.9 Å². The summed E-state index contributed by atoms with van der Waals surface area (Å²) in [4.78, 5) is 12.3. The molecular weight excluding hydrogens is 365 g/mol. The van der Waals surface area contributed by atoms with Crippen LogP contribution in [0.2, 0.25) is 0 Å². The first-order valence-corrected chi connectivity index (χ1v) is 9.72. The van der Waals surface area contributed by atoms with Crippen LogP contribution in [-0.2, 0) is 6.42 Å². The molecule has 29 heavy (non-hydrogen) atoms. The fourth-order valence-corrected chi connectivity index (χ4v) is 3.06. The third-order valence-corrected chi connectivity index (χ3v) is 4.75. The number of esters is 1. The predicted octanol–water partition coefficient (Wildman–Crippen LogP) is 6.32. The zero-order valence-electron chi connectivity index (χ0n) is 16.3. The first-order chi connectivity index (χ1) is 14.1. The summed E-state index contributed by atoms with van der Waals surface area (Å²) >= 11 is 0. The van der Waals surface area contributed by atoms with Gasteiger partial charge in [-0.3, -0.25) is 0 Å². The Morgan fingerprint density at radius 2 is 1.62 bits per heavy atom. The Bertz CT molecular complexity index is 1020. The molecule has 0 fully saturated rings. The van der Waals surface area contributed by atoms with Crippen LogP contribution in [-0.4, -0.2) is 5.97 Å². The number of nitriles is 1. The molecular formula is C25H22FNO2. The van der Waals surface area contributed by atoms with Gasteiger partial charge in [-0.25, -0.2) is 9.18 Å². The molecule has 3 rings (SSSR count). The quantitative estimate of drug-likeness (QED) is 0.271. The standard InChI is InChI=1S/C25H22FNO2/c1-2-3-4-5-18-6-8-19(9-7-18)20-10-12-21(13-11-20)25(28)29-23-15-14-22(17-27)24(26)16-23/h6-16H,2-5H2,1H3. The molecule has 0 spiro atoms. The lowest BCUT2D eigenvalue weighted by Crippen LogP contribution is -2.08. The molecule has 3 nitrogen and oxygen atoms in total. The van der Waals surface area contributed by atoms with Crippen molar-refractivity contribution in [2.75, 3.05) is 0 Å². The molecule has 0 saturated carbocycles. The van der Waals surface area contributed by atoms with E-state index in [0.29, 0.717) is 5.56 Å². The molecule has 0 radical (unpaired) electrons. The van der Waals surface area contributed by atoms with Gasteiger partial charge in [-0.05, 0) is 53.8 Å². The molecule has 146 valence electrons. The van der Waals surface area contributed by atoms with E-state index in [2.05, 4.69) is 31.2 Å². The summed E-state index contributed by atoms with van der Waals surface area (Å²) in [6, 6.07) is 21.0. The number of benzene rings is 3. The number of aryl methyl sites for hydroxylation is 1. The fourth-order valence-electron chi connectivity index (χ4n) is 3.06. The molecule has 0 aliphatic carbocycles. The minimum absolute atomic E-state index is 0.0641. The molecule has 0 atom stereocenters. The molecule has 0 aliphatic heterocycles. The van der Waals surface area contributed by atoms with Crippen LogP contribution in [0.1, 0.15) is 47.7 Å². The Morgan fingerprint density at radius 3 is 2.21 bits per heavy atom. The van der Waals surface area contributed by atoms with E-state index < -0.39 is 11.8 Å². The number of carbonyl (C=O) groups excluding carboxylic acids is 1. The van der Waals surface area contributed by atoms with Crippen LogP contribution in [0.15, 0.2) is 66.7 Å². The number of hydrogen-bond donors (Lipinski definition) is 0. The molecule has 0 aromatic heterocycles. The SMILES string of the molecule is CCCCCc1ccc(-c2ccc(C(=O)Oc3ccc(C#N)c(F)c3)cc2)cc1. The number of unbranched alkanes of at least 4 members (excludes halogenated alkanes) is 2. The minimum Gasteiger partial charge on any atom is -0.423 e. The second-order valence-corrected chi connectivity index (χ2v) is 6.87. The molecule has 0 saturated heterocycles. The summed E-state index contributed by atoms with van der Waals surface area (Å²) in [7, 11) is 0. The Balaban J connectivity index is 1.65. The molecule has 3 aromatic carbocycles. The highest BCUT2D eigenvalue weighted by Crippen LogP contribution is 2.22. The van der Waals surface area contributed by atoms with Crippen molar-refractivity contribution in [3.05, 3.63) is 89.2 Å². The topological polar surface area (TPSA) is 50.1 Å². The lowest BCUT2D eigenvalue weighted by atomic mass is 10.0. The van der Waals surface area contributed by atoms with Crippen LogP contribution >= 0.6 is 0 Å². The van der Waals surface area contributed by atoms with Crippen LogP contribution in [0, 0.1) is 17.1 Å². The fraction of sp³-hybridized carbons (Fsp3) is 0.200. The molecule has 0 heterocycles. The van der Waals surface area contributed by atoms with Crippen LogP contribution in [0.25, 0.3) is 11.1 Å². The lowest BCUT2D eigenvalue weighted by Gasteiger charge is -2.07. The van der Waals surface area contributed by atoms with E-state index in [1.807, 2.05) is 12.1 Å². The molecule has 0 unspecified atom stereocenters. The highest BCUT2D eigenvalue weighted by molar-refractivity contribution is 5.91. The molecule has 0 N–H and O–H groups in total. The molecule has 0 aliphatic rings. The largest absolute Gasteiger partial charge is 0.423 e. The van der Waals surface area contributed by atoms with Crippen LogP contribution in [0.5, 0.6) is 5.75 Å². The highest BCUT2D eigenvalue weighted by atomic mass is 19.1. The zero-order chi connectivity index (χ0) is 20.6. The monoisotopic (exact) mass is 387 g/mol. The molecule has 3 aromatic rings. The van der Waals surface area contributed by atoms with Gasteiger partial charge in [0.2, 0.25) is 0 Å². The lowest BCUT2D eigenvalue weighted by molar-refractivity contribution is 0.0734. The van der Waals surface area contributed by atoms with E-state index in [-0.39, 0.29) is 11.3 Å². The number of ether oxygens (including phenoxy) is 1. The van der Waals surface area contributed by atoms with Crippen LogP contribution in [0.3, 0.4) is 0 Å². The summed E-state index contributed by atoms with van der Waals surface area (Å²) in [6.07, 6.45) is 4.76. The van der Waals surface area contributed by atoms with Crippen molar-refractivity contribution in [2.45, 2.75) is 32.6 Å².